The number of pyridine rings is 1. The first-order valence-corrected chi connectivity index (χ1v) is 10.9. The molecule has 1 fully saturated rings. The number of imidazole rings is 1. The van der Waals surface area contributed by atoms with Gasteiger partial charge < -0.3 is 4.90 Å². The topological polar surface area (TPSA) is 95.7 Å². The number of nitrogens with zero attached hydrogens (tertiary/aromatic N) is 5. The zero-order chi connectivity index (χ0) is 23.2. The molecule has 4 aromatic rings. The lowest BCUT2D eigenvalue weighted by Gasteiger charge is -2.18. The summed E-state index contributed by atoms with van der Waals surface area (Å²) in [7, 11) is 4.09. The van der Waals surface area contributed by atoms with Gasteiger partial charge in [0.1, 0.15) is 11.5 Å². The zero-order valence-corrected chi connectivity index (χ0v) is 18.9. The molecule has 1 amide bonds. The molecule has 3 heterocycles. The van der Waals surface area contributed by atoms with Crippen molar-refractivity contribution in [2.24, 2.45) is 0 Å². The second kappa shape index (κ2) is 8.06. The maximum absolute atomic E-state index is 12.3. The van der Waals surface area contributed by atoms with Crippen LogP contribution in [0.2, 0.25) is 0 Å². The van der Waals surface area contributed by atoms with Gasteiger partial charge in [0.15, 0.2) is 0 Å². The molecular weight excluding hydrogens is 416 g/mol. The quantitative estimate of drug-likeness (QED) is 0.351. The van der Waals surface area contributed by atoms with Gasteiger partial charge >= 0.3 is 0 Å². The van der Waals surface area contributed by atoms with Crippen molar-refractivity contribution in [3.05, 3.63) is 83.1 Å². The Kier molecular flexibility index (Phi) is 5.19. The van der Waals surface area contributed by atoms with E-state index in [9.17, 15) is 10.0 Å². The van der Waals surface area contributed by atoms with Crippen LogP contribution in [0.1, 0.15) is 45.8 Å². The van der Waals surface area contributed by atoms with Crippen LogP contribution in [0.15, 0.2) is 54.9 Å². The summed E-state index contributed by atoms with van der Waals surface area (Å²) in [6.45, 7) is 2.84. The summed E-state index contributed by atoms with van der Waals surface area (Å²) in [5, 5.41) is 9.19. The lowest BCUT2D eigenvalue weighted by Crippen LogP contribution is -2.24. The number of nitrogens with one attached hydrogen (secondary N) is 1. The highest BCUT2D eigenvalue weighted by Gasteiger charge is 2.50. The van der Waals surface area contributed by atoms with E-state index in [-0.39, 0.29) is 0 Å². The molecule has 0 atom stereocenters. The van der Waals surface area contributed by atoms with E-state index in [1.165, 1.54) is 5.56 Å². The number of hydroxylamine groups is 1. The largest absolute Gasteiger partial charge is 0.305 e. The molecule has 33 heavy (non-hydrogen) atoms. The van der Waals surface area contributed by atoms with Crippen molar-refractivity contribution in [1.82, 2.24) is 29.7 Å². The summed E-state index contributed by atoms with van der Waals surface area (Å²) in [5.41, 5.74) is 7.28. The van der Waals surface area contributed by atoms with Crippen LogP contribution in [0.3, 0.4) is 0 Å². The lowest BCUT2D eigenvalue weighted by atomic mass is 9.90. The third-order valence-corrected chi connectivity index (χ3v) is 6.23. The van der Waals surface area contributed by atoms with Gasteiger partial charge in [-0.25, -0.2) is 20.4 Å². The Morgan fingerprint density at radius 3 is 2.70 bits per heavy atom. The fourth-order valence-electron chi connectivity index (χ4n) is 4.59. The van der Waals surface area contributed by atoms with Crippen molar-refractivity contribution in [1.29, 1.82) is 0 Å². The Balaban J connectivity index is 1.58. The lowest BCUT2D eigenvalue weighted by molar-refractivity contribution is 0.0704. The van der Waals surface area contributed by atoms with E-state index in [0.717, 1.165) is 47.7 Å². The van der Waals surface area contributed by atoms with Crippen LogP contribution in [-0.4, -0.2) is 49.5 Å². The molecule has 168 valence electrons. The number of hydrogen-bond acceptors (Lipinski definition) is 6. The van der Waals surface area contributed by atoms with Gasteiger partial charge in [0.2, 0.25) is 0 Å². The molecular formula is C25H26N6O2. The average molecular weight is 443 g/mol. The predicted octanol–water partition coefficient (Wildman–Crippen LogP) is 3.36. The molecule has 2 N–H and O–H groups in total. The molecule has 1 aromatic carbocycles. The van der Waals surface area contributed by atoms with Gasteiger partial charge in [0.05, 0.1) is 22.5 Å². The highest BCUT2D eigenvalue weighted by molar-refractivity contribution is 5.95. The highest BCUT2D eigenvalue weighted by atomic mass is 16.5. The van der Waals surface area contributed by atoms with E-state index >= 15 is 0 Å². The van der Waals surface area contributed by atoms with E-state index in [4.69, 9.17) is 9.97 Å². The molecule has 3 aromatic heterocycles. The maximum Gasteiger partial charge on any atom is 0.274 e. The van der Waals surface area contributed by atoms with Crippen molar-refractivity contribution in [2.45, 2.75) is 31.7 Å². The van der Waals surface area contributed by atoms with Gasteiger partial charge in [0, 0.05) is 24.5 Å². The monoisotopic (exact) mass is 442 g/mol. The maximum atomic E-state index is 12.3. The van der Waals surface area contributed by atoms with E-state index in [1.54, 1.807) is 23.8 Å². The normalized spacial score (nSPS) is 14.6. The van der Waals surface area contributed by atoms with Crippen molar-refractivity contribution in [3.63, 3.8) is 0 Å². The summed E-state index contributed by atoms with van der Waals surface area (Å²) >= 11 is 0. The van der Waals surface area contributed by atoms with Crippen molar-refractivity contribution < 1.29 is 10.0 Å². The van der Waals surface area contributed by atoms with Crippen LogP contribution in [0, 0.1) is 6.92 Å². The summed E-state index contributed by atoms with van der Waals surface area (Å²) in [4.78, 5) is 28.7. The minimum atomic E-state index is -0.529. The van der Waals surface area contributed by atoms with Gasteiger partial charge in [-0.15, -0.1) is 0 Å². The number of fused-ring (bicyclic) bond motifs is 1. The average Bonchev–Trinajstić information content (AvgIpc) is 3.55. The third-order valence-electron chi connectivity index (χ3n) is 6.23. The first kappa shape index (κ1) is 21.2. The molecule has 0 unspecified atom stereocenters. The molecule has 1 aliphatic carbocycles. The van der Waals surface area contributed by atoms with Crippen LogP contribution < -0.4 is 5.48 Å². The number of aromatic nitrogens is 4. The number of carbonyl (C=O) groups is 1. The van der Waals surface area contributed by atoms with Crippen molar-refractivity contribution in [3.8, 4) is 11.4 Å². The summed E-state index contributed by atoms with van der Waals surface area (Å²) in [6.07, 6.45) is 5.49. The second-order valence-corrected chi connectivity index (χ2v) is 8.88. The number of hydrogen-bond donors (Lipinski definition) is 2. The second-order valence-electron chi connectivity index (χ2n) is 8.88. The summed E-state index contributed by atoms with van der Waals surface area (Å²) in [6, 6.07) is 13.4. The van der Waals surface area contributed by atoms with Crippen LogP contribution in [0.4, 0.5) is 0 Å². The highest BCUT2D eigenvalue weighted by Crippen LogP contribution is 2.53. The Labute approximate surface area is 191 Å². The van der Waals surface area contributed by atoms with Gasteiger partial charge in [-0.1, -0.05) is 18.2 Å². The predicted molar refractivity (Wildman–Crippen MR) is 124 cm³/mol. The molecule has 5 rings (SSSR count). The molecule has 1 saturated carbocycles. The van der Waals surface area contributed by atoms with E-state index < -0.39 is 11.3 Å². The smallest absolute Gasteiger partial charge is 0.274 e. The number of rotatable bonds is 6. The Bertz CT molecular complexity index is 1360. The Morgan fingerprint density at radius 1 is 1.18 bits per heavy atom. The number of amides is 1. The summed E-state index contributed by atoms with van der Waals surface area (Å²) < 4.78 is 2.06. The van der Waals surface area contributed by atoms with E-state index in [1.807, 2.05) is 45.4 Å². The van der Waals surface area contributed by atoms with Crippen molar-refractivity contribution in [2.75, 3.05) is 14.1 Å². The summed E-state index contributed by atoms with van der Waals surface area (Å²) in [5.74, 6) is 0.149. The SMILES string of the molecule is Cc1nc2cc(CN(C)C)ccn2c1-c1ccnc(C2(c3ccccc3C(=O)NO)CC2)n1. The zero-order valence-electron chi connectivity index (χ0n) is 18.9. The fraction of sp³-hybridized carbons (Fsp3) is 0.280. The van der Waals surface area contributed by atoms with Gasteiger partial charge in [-0.3, -0.25) is 14.4 Å². The number of aryl methyl sites for hydroxylation is 1. The molecule has 8 nitrogen and oxygen atoms in total. The third kappa shape index (κ3) is 3.67. The Hall–Kier alpha value is -3.62. The van der Waals surface area contributed by atoms with Gasteiger partial charge in [-0.05, 0) is 69.3 Å². The minimum Gasteiger partial charge on any atom is -0.305 e. The van der Waals surface area contributed by atoms with Crippen molar-refractivity contribution >= 4 is 11.6 Å². The molecule has 1 aliphatic rings. The molecule has 8 heteroatoms. The number of carbonyl (C=O) groups excluding carboxylic acids is 1. The van der Waals surface area contributed by atoms with Crippen LogP contribution in [0.5, 0.6) is 0 Å². The van der Waals surface area contributed by atoms with E-state index in [0.29, 0.717) is 11.4 Å². The minimum absolute atomic E-state index is 0.436. The molecule has 0 bridgehead atoms. The van der Waals surface area contributed by atoms with Crippen LogP contribution >= 0.6 is 0 Å². The first-order chi connectivity index (χ1) is 15.9. The molecule has 0 saturated heterocycles. The molecule has 0 aliphatic heterocycles. The van der Waals surface area contributed by atoms with Gasteiger partial charge in [-0.2, -0.15) is 0 Å². The van der Waals surface area contributed by atoms with E-state index in [2.05, 4.69) is 26.4 Å². The molecule has 0 spiro atoms. The first-order valence-electron chi connectivity index (χ1n) is 10.9. The van der Waals surface area contributed by atoms with Crippen LogP contribution in [0.25, 0.3) is 17.0 Å². The molecule has 0 radical (unpaired) electrons. The van der Waals surface area contributed by atoms with Gasteiger partial charge in [0.25, 0.3) is 5.91 Å². The Morgan fingerprint density at radius 2 is 1.97 bits per heavy atom. The fourth-order valence-corrected chi connectivity index (χ4v) is 4.59. The van der Waals surface area contributed by atoms with Crippen LogP contribution in [-0.2, 0) is 12.0 Å². The number of benzene rings is 1. The standard InChI is InChI=1S/C25H26N6O2/c1-16-22(31-13-9-17(15-30(2)3)14-21(31)27-16)20-8-12-26-24(28-20)25(10-11-25)19-7-5-4-6-18(19)23(32)29-33/h4-9,12-14,33H,10-11,15H2,1-3H3,(H,29,32).